The van der Waals surface area contributed by atoms with Gasteiger partial charge in [-0.25, -0.2) is 5.32 Å². The minimum atomic E-state index is 0.574. The van der Waals surface area contributed by atoms with E-state index in [9.17, 15) is 0 Å². The van der Waals surface area contributed by atoms with Gasteiger partial charge in [-0.2, -0.15) is 0 Å². The Bertz CT molecular complexity index is 359. The Morgan fingerprint density at radius 3 is 2.62 bits per heavy atom. The van der Waals surface area contributed by atoms with E-state index < -0.39 is 0 Å². The van der Waals surface area contributed by atoms with Gasteiger partial charge in [-0.15, -0.1) is 0 Å². The molecule has 0 spiro atoms. The van der Waals surface area contributed by atoms with Gasteiger partial charge in [-0.05, 0) is 43.0 Å². The van der Waals surface area contributed by atoms with E-state index in [0.717, 1.165) is 30.6 Å². The lowest BCUT2D eigenvalue weighted by molar-refractivity contribution is 0.410. The van der Waals surface area contributed by atoms with E-state index >= 15 is 0 Å². The Morgan fingerprint density at radius 1 is 1.19 bits per heavy atom. The minimum absolute atomic E-state index is 0.574. The first-order chi connectivity index (χ1) is 7.83. The number of piperazine rings is 1. The van der Waals surface area contributed by atoms with Gasteiger partial charge in [0.15, 0.2) is 0 Å². The van der Waals surface area contributed by atoms with E-state index in [1.807, 2.05) is 12.1 Å². The highest BCUT2D eigenvalue weighted by molar-refractivity contribution is 6.30. The number of hydrogen-bond donors (Lipinski definition) is 0. The van der Waals surface area contributed by atoms with E-state index in [-0.39, 0.29) is 0 Å². The molecule has 3 heteroatoms. The maximum atomic E-state index is 5.90. The summed E-state index contributed by atoms with van der Waals surface area (Å²) in [6, 6.07) is 8.73. The molecule has 2 nitrogen and oxygen atoms in total. The molecule has 2 aliphatic rings. The summed E-state index contributed by atoms with van der Waals surface area (Å²) in [5.74, 6) is 0.870. The van der Waals surface area contributed by atoms with Crippen LogP contribution in [-0.4, -0.2) is 25.7 Å². The molecule has 0 amide bonds. The molecule has 1 aromatic rings. The van der Waals surface area contributed by atoms with Crippen molar-refractivity contribution in [1.82, 2.24) is 5.32 Å². The lowest BCUT2D eigenvalue weighted by atomic mass is 10.1. The van der Waals surface area contributed by atoms with Gasteiger partial charge in [0.1, 0.15) is 0 Å². The summed E-state index contributed by atoms with van der Waals surface area (Å²) in [6.07, 6.45) is 2.76. The van der Waals surface area contributed by atoms with Crippen LogP contribution in [0.25, 0.3) is 0 Å². The predicted molar refractivity (Wildman–Crippen MR) is 67.2 cm³/mol. The number of nitrogens with zero attached hydrogens (tertiary/aromatic N) is 2. The fourth-order valence-electron chi connectivity index (χ4n) is 2.38. The summed E-state index contributed by atoms with van der Waals surface area (Å²) in [5.41, 5.74) is 1.28. The van der Waals surface area contributed by atoms with Crippen LogP contribution in [-0.2, 0) is 0 Å². The van der Waals surface area contributed by atoms with Crippen molar-refractivity contribution >= 4 is 17.3 Å². The molecule has 0 bridgehead atoms. The quantitative estimate of drug-likeness (QED) is 0.770. The highest BCUT2D eigenvalue weighted by atomic mass is 35.5. The van der Waals surface area contributed by atoms with Crippen LogP contribution in [0.4, 0.5) is 5.69 Å². The maximum absolute atomic E-state index is 5.90. The van der Waals surface area contributed by atoms with E-state index in [1.165, 1.54) is 18.5 Å². The molecule has 1 atom stereocenters. The molecular weight excluding hydrogens is 220 g/mol. The lowest BCUT2D eigenvalue weighted by Gasteiger charge is -2.34. The molecule has 1 heterocycles. The van der Waals surface area contributed by atoms with Crippen LogP contribution in [0, 0.1) is 5.92 Å². The van der Waals surface area contributed by atoms with E-state index in [2.05, 4.69) is 17.0 Å². The smallest absolute Gasteiger partial charge is 0.0450 e. The van der Waals surface area contributed by atoms with E-state index in [1.54, 1.807) is 0 Å². The summed E-state index contributed by atoms with van der Waals surface area (Å²) in [4.78, 5) is 2.44. The van der Waals surface area contributed by atoms with E-state index in [0.29, 0.717) is 6.04 Å². The van der Waals surface area contributed by atoms with Crippen molar-refractivity contribution in [2.45, 2.75) is 18.9 Å². The van der Waals surface area contributed by atoms with Crippen molar-refractivity contribution < 1.29 is 0 Å². The zero-order chi connectivity index (χ0) is 11.0. The average molecular weight is 236 g/mol. The number of halogens is 1. The third-order valence-electron chi connectivity index (χ3n) is 3.50. The molecule has 2 fully saturated rings. The molecular formula is C13H16ClN2. The molecule has 1 aromatic carbocycles. The molecule has 0 N–H and O–H groups in total. The van der Waals surface area contributed by atoms with Crippen molar-refractivity contribution in [3.8, 4) is 0 Å². The molecule has 3 rings (SSSR count). The van der Waals surface area contributed by atoms with Gasteiger partial charge in [-0.1, -0.05) is 11.6 Å². The van der Waals surface area contributed by atoms with Crippen molar-refractivity contribution in [1.29, 1.82) is 0 Å². The summed E-state index contributed by atoms with van der Waals surface area (Å²) in [6.45, 7) is 3.11. The standard InChI is InChI=1S/C13H16ClN2/c14-11-3-5-12(6-4-11)16-8-7-15-13(9-16)10-1-2-10/h3-6,10,13H,1-2,7-9H2. The molecule has 1 radical (unpaired) electrons. The Balaban J connectivity index is 1.71. The van der Waals surface area contributed by atoms with Crippen molar-refractivity contribution in [2.24, 2.45) is 5.92 Å². The molecule has 1 aliphatic heterocycles. The molecule has 1 unspecified atom stereocenters. The van der Waals surface area contributed by atoms with Crippen LogP contribution >= 0.6 is 11.6 Å². The second kappa shape index (κ2) is 4.27. The van der Waals surface area contributed by atoms with Crippen LogP contribution in [0.15, 0.2) is 24.3 Å². The van der Waals surface area contributed by atoms with Gasteiger partial charge in [0.25, 0.3) is 0 Å². The Labute approximate surface area is 102 Å². The highest BCUT2D eigenvalue weighted by Gasteiger charge is 2.34. The predicted octanol–water partition coefficient (Wildman–Crippen LogP) is 2.54. The number of rotatable bonds is 2. The van der Waals surface area contributed by atoms with Gasteiger partial charge in [0.05, 0.1) is 0 Å². The molecule has 16 heavy (non-hydrogen) atoms. The van der Waals surface area contributed by atoms with Crippen LogP contribution in [0.2, 0.25) is 5.02 Å². The first-order valence-corrected chi connectivity index (χ1v) is 6.38. The van der Waals surface area contributed by atoms with Crippen molar-refractivity contribution in [2.75, 3.05) is 24.5 Å². The fourth-order valence-corrected chi connectivity index (χ4v) is 2.51. The monoisotopic (exact) mass is 235 g/mol. The Hall–Kier alpha value is -0.730. The molecule has 1 saturated heterocycles. The highest BCUT2D eigenvalue weighted by Crippen LogP contribution is 2.35. The van der Waals surface area contributed by atoms with Gasteiger partial charge in [0.2, 0.25) is 0 Å². The van der Waals surface area contributed by atoms with Gasteiger partial charge in [-0.3, -0.25) is 0 Å². The van der Waals surface area contributed by atoms with Crippen LogP contribution < -0.4 is 10.2 Å². The summed E-state index contributed by atoms with van der Waals surface area (Å²) < 4.78 is 0. The average Bonchev–Trinajstić information content (AvgIpc) is 3.14. The topological polar surface area (TPSA) is 17.3 Å². The third kappa shape index (κ3) is 2.18. The second-order valence-corrected chi connectivity index (χ2v) is 5.17. The minimum Gasteiger partial charge on any atom is -0.369 e. The SMILES string of the molecule is Clc1ccc(N2CC[N]C(C3CC3)C2)cc1. The second-order valence-electron chi connectivity index (χ2n) is 4.73. The Kier molecular flexibility index (Phi) is 2.78. The largest absolute Gasteiger partial charge is 0.369 e. The zero-order valence-electron chi connectivity index (χ0n) is 9.27. The lowest BCUT2D eigenvalue weighted by Crippen LogP contribution is -2.48. The fraction of sp³-hybridized carbons (Fsp3) is 0.538. The number of anilines is 1. The van der Waals surface area contributed by atoms with Gasteiger partial charge < -0.3 is 4.90 Å². The van der Waals surface area contributed by atoms with Gasteiger partial charge >= 0.3 is 0 Å². The third-order valence-corrected chi connectivity index (χ3v) is 3.75. The number of benzene rings is 1. The van der Waals surface area contributed by atoms with Crippen LogP contribution in [0.5, 0.6) is 0 Å². The first kappa shape index (κ1) is 10.4. The van der Waals surface area contributed by atoms with Gasteiger partial charge in [0, 0.05) is 36.4 Å². The normalized spacial score (nSPS) is 25.8. The molecule has 1 saturated carbocycles. The maximum Gasteiger partial charge on any atom is 0.0450 e. The van der Waals surface area contributed by atoms with Crippen LogP contribution in [0.3, 0.4) is 0 Å². The zero-order valence-corrected chi connectivity index (χ0v) is 10.0. The molecule has 1 aliphatic carbocycles. The first-order valence-electron chi connectivity index (χ1n) is 6.00. The van der Waals surface area contributed by atoms with Crippen molar-refractivity contribution in [3.05, 3.63) is 29.3 Å². The van der Waals surface area contributed by atoms with Crippen molar-refractivity contribution in [3.63, 3.8) is 0 Å². The molecule has 85 valence electrons. The van der Waals surface area contributed by atoms with E-state index in [4.69, 9.17) is 16.9 Å². The number of hydrogen-bond acceptors (Lipinski definition) is 1. The Morgan fingerprint density at radius 2 is 1.94 bits per heavy atom. The van der Waals surface area contributed by atoms with Crippen LogP contribution in [0.1, 0.15) is 12.8 Å². The summed E-state index contributed by atoms with van der Waals surface area (Å²) in [5, 5.41) is 5.53. The molecule has 0 aromatic heterocycles. The summed E-state index contributed by atoms with van der Waals surface area (Å²) in [7, 11) is 0. The summed E-state index contributed by atoms with van der Waals surface area (Å²) >= 11 is 5.90.